The summed E-state index contributed by atoms with van der Waals surface area (Å²) in [5.74, 6) is -0.688. The Morgan fingerprint density at radius 3 is 2.44 bits per heavy atom. The average molecular weight is 586 g/mol. The number of nitrogens with zero attached hydrogens (tertiary/aromatic N) is 1. The van der Waals surface area contributed by atoms with Crippen LogP contribution < -0.4 is 14.8 Å². The minimum Gasteiger partial charge on any atom is -0.490 e. The molecule has 0 radical (unpaired) electrons. The van der Waals surface area contributed by atoms with Crippen LogP contribution in [0.1, 0.15) is 80.6 Å². The van der Waals surface area contributed by atoms with E-state index >= 15 is 4.39 Å². The van der Waals surface area contributed by atoms with Crippen molar-refractivity contribution in [2.45, 2.75) is 82.9 Å². The van der Waals surface area contributed by atoms with Crippen molar-refractivity contribution in [3.8, 4) is 16.9 Å². The predicted octanol–water partition coefficient (Wildman–Crippen LogP) is 4.60. The molecule has 8 nitrogen and oxygen atoms in total. The van der Waals surface area contributed by atoms with E-state index in [1.807, 2.05) is 7.05 Å². The van der Waals surface area contributed by atoms with Gasteiger partial charge in [-0.25, -0.2) is 17.5 Å². The van der Waals surface area contributed by atoms with E-state index in [-0.39, 0.29) is 46.8 Å². The quantitative estimate of drug-likeness (QED) is 0.470. The number of halogens is 1. The Morgan fingerprint density at radius 1 is 1.07 bits per heavy atom. The van der Waals surface area contributed by atoms with E-state index in [4.69, 9.17) is 4.74 Å². The van der Waals surface area contributed by atoms with Crippen molar-refractivity contribution in [1.29, 1.82) is 0 Å². The molecule has 3 aliphatic rings. The standard InChI is InChI=1S/C31H40FN3O5S/c1-31(2)17-25(35(3)18-31)30(37)33-20-14-15-21(16-20)40-26-13-7-11-23(29(36)34-41(4,38)39)28(26)22-10-6-12-24(32)27(22)19-8-5-9-19/h6-7,10-13,19-21,25H,5,8-9,14-18H2,1-4H3,(H,33,37)(H,34,36)/t20-,21-,25+/m1/s1. The number of carbonyl (C=O) groups excluding carboxylic acids is 2. The zero-order chi connectivity index (χ0) is 29.5. The molecular weight excluding hydrogens is 545 g/mol. The SMILES string of the molecule is CN1CC(C)(C)C[C@H]1C(=O)N[C@@H]1CC[C@@H](Oc2cccc(C(=O)NS(C)(=O)=O)c2-c2cccc(F)c2C2CCC2)C1. The van der Waals surface area contributed by atoms with Crippen molar-refractivity contribution < 1.29 is 27.1 Å². The lowest BCUT2D eigenvalue weighted by Crippen LogP contribution is -2.45. The molecule has 1 saturated heterocycles. The van der Waals surface area contributed by atoms with E-state index in [9.17, 15) is 18.0 Å². The molecule has 0 bridgehead atoms. The van der Waals surface area contributed by atoms with E-state index in [2.05, 4.69) is 28.8 Å². The lowest BCUT2D eigenvalue weighted by molar-refractivity contribution is -0.125. The van der Waals surface area contributed by atoms with Gasteiger partial charge in [-0.15, -0.1) is 0 Å². The number of benzene rings is 2. The maximum Gasteiger partial charge on any atom is 0.265 e. The van der Waals surface area contributed by atoms with Gasteiger partial charge in [0.1, 0.15) is 17.7 Å². The van der Waals surface area contributed by atoms with Crippen molar-refractivity contribution in [2.75, 3.05) is 19.8 Å². The highest BCUT2D eigenvalue weighted by Crippen LogP contribution is 2.46. The Balaban J connectivity index is 1.41. The van der Waals surface area contributed by atoms with E-state index in [1.165, 1.54) is 12.1 Å². The summed E-state index contributed by atoms with van der Waals surface area (Å²) in [6, 6.07) is 9.52. The fourth-order valence-corrected chi connectivity index (χ4v) is 7.11. The fraction of sp³-hybridized carbons (Fsp3) is 0.548. The van der Waals surface area contributed by atoms with Gasteiger partial charge in [0.15, 0.2) is 0 Å². The Kier molecular flexibility index (Phi) is 8.18. The molecule has 2 N–H and O–H groups in total. The van der Waals surface area contributed by atoms with Gasteiger partial charge in [-0.3, -0.25) is 14.5 Å². The summed E-state index contributed by atoms with van der Waals surface area (Å²) in [7, 11) is -1.84. The first kappa shape index (κ1) is 29.5. The second-order valence-corrected chi connectivity index (χ2v) is 14.5. The molecule has 2 aromatic carbocycles. The number of nitrogens with one attached hydrogen (secondary N) is 2. The number of hydrogen-bond donors (Lipinski definition) is 2. The maximum atomic E-state index is 15.2. The molecule has 5 rings (SSSR count). The molecule has 2 aromatic rings. The van der Waals surface area contributed by atoms with Crippen molar-refractivity contribution in [3.63, 3.8) is 0 Å². The average Bonchev–Trinajstić information content (AvgIpc) is 3.39. The number of amides is 2. The predicted molar refractivity (Wildman–Crippen MR) is 156 cm³/mol. The molecule has 2 saturated carbocycles. The summed E-state index contributed by atoms with van der Waals surface area (Å²) in [6.07, 6.45) is 6.26. The Labute approximate surface area is 242 Å². The maximum absolute atomic E-state index is 15.2. The summed E-state index contributed by atoms with van der Waals surface area (Å²) in [5, 5.41) is 3.21. The topological polar surface area (TPSA) is 105 Å². The van der Waals surface area contributed by atoms with E-state index in [0.29, 0.717) is 35.3 Å². The van der Waals surface area contributed by atoms with Crippen molar-refractivity contribution in [2.24, 2.45) is 5.41 Å². The van der Waals surface area contributed by atoms with Crippen LogP contribution in [0, 0.1) is 11.2 Å². The Bertz CT molecular complexity index is 1440. The van der Waals surface area contributed by atoms with Gasteiger partial charge in [-0.1, -0.05) is 38.5 Å². The van der Waals surface area contributed by atoms with Gasteiger partial charge in [0.25, 0.3) is 5.91 Å². The number of carbonyl (C=O) groups is 2. The van der Waals surface area contributed by atoms with Crippen LogP contribution in [0.25, 0.3) is 11.1 Å². The first-order valence-corrected chi connectivity index (χ1v) is 16.3. The van der Waals surface area contributed by atoms with Crippen molar-refractivity contribution >= 4 is 21.8 Å². The molecule has 0 spiro atoms. The number of sulfonamides is 1. The van der Waals surface area contributed by atoms with Gasteiger partial charge in [0, 0.05) is 24.6 Å². The van der Waals surface area contributed by atoms with Gasteiger partial charge in [0.2, 0.25) is 15.9 Å². The third-order valence-electron chi connectivity index (χ3n) is 8.67. The summed E-state index contributed by atoms with van der Waals surface area (Å²) < 4.78 is 47.6. The molecule has 3 atom stereocenters. The molecule has 2 amide bonds. The molecule has 0 unspecified atom stereocenters. The van der Waals surface area contributed by atoms with Gasteiger partial charge in [-0.2, -0.15) is 0 Å². The number of hydrogen-bond acceptors (Lipinski definition) is 6. The van der Waals surface area contributed by atoms with Crippen LogP contribution in [-0.4, -0.2) is 63.2 Å². The van der Waals surface area contributed by atoms with Crippen LogP contribution in [-0.2, 0) is 14.8 Å². The number of ether oxygens (including phenoxy) is 1. The zero-order valence-electron chi connectivity index (χ0n) is 24.2. The van der Waals surface area contributed by atoms with Crippen molar-refractivity contribution in [3.05, 3.63) is 53.3 Å². The number of likely N-dealkylation sites (N-methyl/N-ethyl adjacent to an activating group) is 1. The van der Waals surface area contributed by atoms with Crippen LogP contribution in [0.5, 0.6) is 5.75 Å². The van der Waals surface area contributed by atoms with E-state index < -0.39 is 15.9 Å². The highest BCUT2D eigenvalue weighted by atomic mass is 32.2. The molecular formula is C31H40FN3O5S. The number of rotatable bonds is 8. The normalized spacial score (nSPS) is 24.6. The molecule has 41 heavy (non-hydrogen) atoms. The summed E-state index contributed by atoms with van der Waals surface area (Å²) in [6.45, 7) is 5.22. The second-order valence-electron chi connectivity index (χ2n) is 12.8. The summed E-state index contributed by atoms with van der Waals surface area (Å²) in [4.78, 5) is 28.4. The van der Waals surface area contributed by atoms with Gasteiger partial charge in [-0.05, 0) is 79.8 Å². The summed E-state index contributed by atoms with van der Waals surface area (Å²) >= 11 is 0. The minimum absolute atomic E-state index is 0.0230. The van der Waals surface area contributed by atoms with E-state index in [1.54, 1.807) is 24.3 Å². The second kappa shape index (κ2) is 11.4. The third kappa shape index (κ3) is 6.59. The van der Waals surface area contributed by atoms with Crippen LogP contribution in [0.4, 0.5) is 4.39 Å². The lowest BCUT2D eigenvalue weighted by Gasteiger charge is -2.29. The van der Waals surface area contributed by atoms with Crippen LogP contribution >= 0.6 is 0 Å². The largest absolute Gasteiger partial charge is 0.490 e. The third-order valence-corrected chi connectivity index (χ3v) is 9.22. The molecule has 3 fully saturated rings. The monoisotopic (exact) mass is 585 g/mol. The fourth-order valence-electron chi connectivity index (χ4n) is 6.66. The van der Waals surface area contributed by atoms with Crippen LogP contribution in [0.2, 0.25) is 0 Å². The van der Waals surface area contributed by atoms with E-state index in [0.717, 1.165) is 44.9 Å². The van der Waals surface area contributed by atoms with Crippen molar-refractivity contribution in [1.82, 2.24) is 14.9 Å². The molecule has 1 heterocycles. The van der Waals surface area contributed by atoms with Crippen LogP contribution in [0.15, 0.2) is 36.4 Å². The molecule has 222 valence electrons. The lowest BCUT2D eigenvalue weighted by atomic mass is 9.76. The molecule has 1 aliphatic heterocycles. The first-order valence-electron chi connectivity index (χ1n) is 14.4. The number of likely N-dealkylation sites (tertiary alicyclic amines) is 1. The minimum atomic E-state index is -3.83. The highest BCUT2D eigenvalue weighted by molar-refractivity contribution is 7.89. The highest BCUT2D eigenvalue weighted by Gasteiger charge is 2.40. The molecule has 0 aromatic heterocycles. The Hall–Kier alpha value is -2.98. The van der Waals surface area contributed by atoms with Crippen LogP contribution in [0.3, 0.4) is 0 Å². The van der Waals surface area contributed by atoms with Gasteiger partial charge >= 0.3 is 0 Å². The molecule has 2 aliphatic carbocycles. The summed E-state index contributed by atoms with van der Waals surface area (Å²) in [5.41, 5.74) is 1.66. The first-order chi connectivity index (χ1) is 19.3. The molecule has 10 heteroatoms. The Morgan fingerprint density at radius 2 is 1.80 bits per heavy atom. The van der Waals surface area contributed by atoms with Gasteiger partial charge < -0.3 is 10.1 Å². The zero-order valence-corrected chi connectivity index (χ0v) is 25.0. The smallest absolute Gasteiger partial charge is 0.265 e. The van der Waals surface area contributed by atoms with Gasteiger partial charge in [0.05, 0.1) is 17.9 Å².